The number of carbonyl (C=O) groups is 1. The van der Waals surface area contributed by atoms with E-state index in [1.165, 1.54) is 16.7 Å². The van der Waals surface area contributed by atoms with Gasteiger partial charge in [0.15, 0.2) is 0 Å². The maximum absolute atomic E-state index is 15.1. The molecular weight excluding hydrogens is 565 g/mol. The minimum atomic E-state index is -0.485. The second-order valence-electron chi connectivity index (χ2n) is 11.1. The molecule has 4 aromatic rings. The molecule has 0 aliphatic carbocycles. The molecule has 220 valence electrons. The lowest BCUT2D eigenvalue weighted by Gasteiger charge is -2.37. The van der Waals surface area contributed by atoms with Gasteiger partial charge in [-0.1, -0.05) is 63.9 Å². The molecule has 0 saturated carbocycles. The van der Waals surface area contributed by atoms with Crippen molar-refractivity contribution in [1.29, 1.82) is 0 Å². The maximum Gasteiger partial charge on any atom is 0.274 e. The Hall–Kier alpha value is -4.48. The number of benzene rings is 1. The van der Waals surface area contributed by atoms with E-state index in [4.69, 9.17) is 23.0 Å². The Kier molecular flexibility index (Phi) is 8.38. The van der Waals surface area contributed by atoms with Gasteiger partial charge in [-0.25, -0.2) is 9.37 Å². The molecule has 1 aliphatic heterocycles. The number of hydrogen-bond acceptors (Lipinski definition) is 5. The highest BCUT2D eigenvalue weighted by molar-refractivity contribution is 6.34. The number of piperazine rings is 1. The van der Waals surface area contributed by atoms with Gasteiger partial charge in [-0.05, 0) is 47.7 Å². The molecular formula is C34H33ClFN5O2. The first-order chi connectivity index (χ1) is 20.6. The van der Waals surface area contributed by atoms with Crippen molar-refractivity contribution in [2.45, 2.75) is 39.5 Å². The van der Waals surface area contributed by atoms with E-state index < -0.39 is 11.4 Å². The van der Waals surface area contributed by atoms with Crippen LogP contribution in [0.4, 0.5) is 10.1 Å². The highest BCUT2D eigenvalue weighted by Gasteiger charge is 2.29. The highest BCUT2D eigenvalue weighted by Crippen LogP contribution is 2.38. The van der Waals surface area contributed by atoms with Crippen molar-refractivity contribution in [2.75, 3.05) is 31.1 Å². The second kappa shape index (κ2) is 12.0. The van der Waals surface area contributed by atoms with E-state index in [0.29, 0.717) is 54.3 Å². The number of halogens is 2. The van der Waals surface area contributed by atoms with Gasteiger partial charge in [0.25, 0.3) is 5.56 Å². The van der Waals surface area contributed by atoms with Crippen molar-refractivity contribution in [2.24, 2.45) is 0 Å². The van der Waals surface area contributed by atoms with Gasteiger partial charge >= 0.3 is 0 Å². The van der Waals surface area contributed by atoms with Crippen LogP contribution in [0.3, 0.4) is 0 Å². The van der Waals surface area contributed by atoms with E-state index in [2.05, 4.69) is 17.5 Å². The third-order valence-corrected chi connectivity index (χ3v) is 8.10. The number of hydrogen-bond donors (Lipinski definition) is 0. The molecule has 9 heteroatoms. The number of aromatic nitrogens is 3. The number of pyridine rings is 3. The lowest BCUT2D eigenvalue weighted by molar-refractivity contribution is -0.126. The van der Waals surface area contributed by atoms with Gasteiger partial charge in [-0.15, -0.1) is 6.42 Å². The van der Waals surface area contributed by atoms with Gasteiger partial charge < -0.3 is 9.80 Å². The van der Waals surface area contributed by atoms with Crippen LogP contribution in [0, 0.1) is 18.2 Å². The second-order valence-corrected chi connectivity index (χ2v) is 11.5. The first kappa shape index (κ1) is 30.0. The minimum Gasteiger partial charge on any atom is -0.366 e. The summed E-state index contributed by atoms with van der Waals surface area (Å²) >= 11 is 6.84. The molecule has 0 radical (unpaired) electrons. The number of terminal acetylenes is 1. The predicted octanol–water partition coefficient (Wildman–Crippen LogP) is 6.30. The fourth-order valence-corrected chi connectivity index (χ4v) is 5.93. The number of fused-ring (bicyclic) bond motifs is 1. The molecule has 5 rings (SSSR count). The van der Waals surface area contributed by atoms with Crippen molar-refractivity contribution in [3.63, 3.8) is 0 Å². The summed E-state index contributed by atoms with van der Waals surface area (Å²) in [4.78, 5) is 40.1. The lowest BCUT2D eigenvalue weighted by Crippen LogP contribution is -2.49. The van der Waals surface area contributed by atoms with E-state index >= 15 is 4.39 Å². The van der Waals surface area contributed by atoms with Crippen LogP contribution in [0.5, 0.6) is 0 Å². The van der Waals surface area contributed by atoms with E-state index in [9.17, 15) is 9.59 Å². The van der Waals surface area contributed by atoms with Crippen molar-refractivity contribution < 1.29 is 9.18 Å². The lowest BCUT2D eigenvalue weighted by atomic mass is 9.96. The Morgan fingerprint density at radius 2 is 1.79 bits per heavy atom. The Morgan fingerprint density at radius 1 is 1.09 bits per heavy atom. The molecule has 1 aromatic carbocycles. The standard InChI is InChI=1S/C34H33ClFN5O2/c1-7-22-31(40-17-15-39(16-18-40)28(42)8-2)25-19-26(35)30(24-11-9-10-12-27(24)36)38-33(25)41(34(22)43)32-23(20(3)4)13-14-37-29(32)21(5)6/h1,8-14,19-21H,2,15-18H2,3-6H3. The van der Waals surface area contributed by atoms with Crippen LogP contribution in [-0.2, 0) is 4.79 Å². The molecule has 7 nitrogen and oxygen atoms in total. The third kappa shape index (κ3) is 5.30. The molecule has 0 N–H and O–H groups in total. The number of anilines is 1. The molecule has 0 spiro atoms. The van der Waals surface area contributed by atoms with Crippen LogP contribution in [0.15, 0.2) is 60.0 Å². The van der Waals surface area contributed by atoms with Crippen molar-refractivity contribution in [3.8, 4) is 29.3 Å². The molecule has 3 aromatic heterocycles. The van der Waals surface area contributed by atoms with Gasteiger partial charge in [0.05, 0.1) is 27.8 Å². The average Bonchev–Trinajstić information content (AvgIpc) is 3.00. The summed E-state index contributed by atoms with van der Waals surface area (Å²) in [5.41, 5.74) is 3.18. The zero-order chi connectivity index (χ0) is 31.0. The molecule has 0 atom stereocenters. The summed E-state index contributed by atoms with van der Waals surface area (Å²) in [5.74, 6) is 2.03. The topological polar surface area (TPSA) is 71.3 Å². The fraction of sp³-hybridized carbons (Fsp3) is 0.294. The van der Waals surface area contributed by atoms with Gasteiger partial charge in [-0.3, -0.25) is 19.1 Å². The van der Waals surface area contributed by atoms with E-state index in [-0.39, 0.29) is 39.6 Å². The van der Waals surface area contributed by atoms with Crippen LogP contribution in [0.25, 0.3) is 28.0 Å². The molecule has 1 fully saturated rings. The highest BCUT2D eigenvalue weighted by atomic mass is 35.5. The quantitative estimate of drug-likeness (QED) is 0.193. The zero-order valence-electron chi connectivity index (χ0n) is 24.7. The van der Waals surface area contributed by atoms with E-state index in [1.807, 2.05) is 38.7 Å². The third-order valence-electron chi connectivity index (χ3n) is 7.81. The summed E-state index contributed by atoms with van der Waals surface area (Å²) in [5, 5.41) is 0.765. The molecule has 1 saturated heterocycles. The first-order valence-corrected chi connectivity index (χ1v) is 14.6. The Morgan fingerprint density at radius 3 is 2.40 bits per heavy atom. The summed E-state index contributed by atoms with van der Waals surface area (Å²) < 4.78 is 16.6. The van der Waals surface area contributed by atoms with Crippen LogP contribution >= 0.6 is 11.6 Å². The summed E-state index contributed by atoms with van der Waals surface area (Å²) in [6.45, 7) is 13.4. The molecule has 43 heavy (non-hydrogen) atoms. The Bertz CT molecular complexity index is 1820. The largest absolute Gasteiger partial charge is 0.366 e. The molecule has 0 bridgehead atoms. The van der Waals surface area contributed by atoms with E-state index in [1.54, 1.807) is 35.4 Å². The van der Waals surface area contributed by atoms with Crippen molar-refractivity contribution >= 4 is 34.2 Å². The van der Waals surface area contributed by atoms with Gasteiger partial charge in [0.1, 0.15) is 17.0 Å². The SMILES string of the molecule is C#Cc1c(N2CCN(C(=O)C=C)CC2)c2cc(Cl)c(-c3ccccc3F)nc2n(-c2c(C(C)C)ccnc2C(C)C)c1=O. The normalized spacial score (nSPS) is 13.6. The predicted molar refractivity (Wildman–Crippen MR) is 171 cm³/mol. The van der Waals surface area contributed by atoms with Crippen LogP contribution in [0.2, 0.25) is 5.02 Å². The number of carbonyl (C=O) groups excluding carboxylic acids is 1. The van der Waals surface area contributed by atoms with Crippen molar-refractivity contribution in [1.82, 2.24) is 19.4 Å². The first-order valence-electron chi connectivity index (χ1n) is 14.2. The molecule has 4 heterocycles. The number of nitrogens with zero attached hydrogens (tertiary/aromatic N) is 5. The van der Waals surface area contributed by atoms with Crippen LogP contribution in [0.1, 0.15) is 56.4 Å². The number of rotatable bonds is 6. The maximum atomic E-state index is 15.1. The van der Waals surface area contributed by atoms with Crippen LogP contribution in [-0.4, -0.2) is 51.5 Å². The summed E-state index contributed by atoms with van der Waals surface area (Å²) in [6, 6.07) is 9.86. The molecule has 0 unspecified atom stereocenters. The zero-order valence-corrected chi connectivity index (χ0v) is 25.5. The molecule has 1 amide bonds. The number of amides is 1. The fourth-order valence-electron chi connectivity index (χ4n) is 5.67. The summed E-state index contributed by atoms with van der Waals surface area (Å²) in [6.07, 6.45) is 9.12. The van der Waals surface area contributed by atoms with Crippen LogP contribution < -0.4 is 10.5 Å². The molecule has 1 aliphatic rings. The van der Waals surface area contributed by atoms with Gasteiger partial charge in [-0.2, -0.15) is 0 Å². The van der Waals surface area contributed by atoms with Gasteiger partial charge in [0.2, 0.25) is 5.91 Å². The Labute approximate surface area is 255 Å². The van der Waals surface area contributed by atoms with Gasteiger partial charge in [0, 0.05) is 43.3 Å². The Balaban J connectivity index is 1.91. The van der Waals surface area contributed by atoms with Crippen molar-refractivity contribution in [3.05, 3.63) is 93.3 Å². The monoisotopic (exact) mass is 597 g/mol. The minimum absolute atomic E-state index is 0.0292. The average molecular weight is 598 g/mol. The smallest absolute Gasteiger partial charge is 0.274 e. The van der Waals surface area contributed by atoms with E-state index in [0.717, 1.165) is 5.56 Å². The summed E-state index contributed by atoms with van der Waals surface area (Å²) in [7, 11) is 0.